The summed E-state index contributed by atoms with van der Waals surface area (Å²) in [4.78, 5) is -0.267. The molecule has 2 unspecified atom stereocenters. The monoisotopic (exact) mass is 488 g/mol. The molecule has 2 aromatic rings. The quantitative estimate of drug-likeness (QED) is 0.352. The van der Waals surface area contributed by atoms with Gasteiger partial charge in [-0.1, -0.05) is 23.2 Å². The zero-order valence-corrected chi connectivity index (χ0v) is 18.0. The Morgan fingerprint density at radius 1 is 0.667 bits per heavy atom. The molecule has 0 saturated carbocycles. The number of aliphatic hydroxyl groups excluding tert-OH is 2. The van der Waals surface area contributed by atoms with Crippen molar-refractivity contribution in [3.63, 3.8) is 0 Å². The molecule has 0 fully saturated rings. The third-order valence-electron chi connectivity index (χ3n) is 3.26. The topological polar surface area (TPSA) is 133 Å². The van der Waals surface area contributed by atoms with E-state index in [0.29, 0.717) is 10.0 Å². The van der Waals surface area contributed by atoms with E-state index in [2.05, 4.69) is 23.7 Å². The van der Waals surface area contributed by atoms with Crippen molar-refractivity contribution in [2.45, 2.75) is 22.2 Å². The highest BCUT2D eigenvalue weighted by atomic mass is 35.5. The molecule has 0 aliphatic heterocycles. The Kier molecular flexibility index (Phi) is 8.26. The van der Waals surface area contributed by atoms with Crippen LogP contribution in [-0.2, 0) is 20.0 Å². The molecule has 0 bridgehead atoms. The normalized spacial score (nSPS) is 13.3. The van der Waals surface area contributed by atoms with Crippen LogP contribution >= 0.6 is 23.2 Å². The van der Waals surface area contributed by atoms with Crippen molar-refractivity contribution in [1.82, 2.24) is 9.44 Å². The lowest BCUT2D eigenvalue weighted by molar-refractivity contribution is 0.220. The Bertz CT molecular complexity index is 1120. The fourth-order valence-corrected chi connectivity index (χ4v) is 4.14. The van der Waals surface area contributed by atoms with Gasteiger partial charge in [0.05, 0.1) is 9.79 Å². The van der Waals surface area contributed by atoms with Crippen LogP contribution in [0.15, 0.2) is 58.3 Å². The van der Waals surface area contributed by atoms with Crippen LogP contribution in [0.2, 0.25) is 10.0 Å². The molecular formula is C18H14Cl2N2O6S2. The maximum atomic E-state index is 12.1. The summed E-state index contributed by atoms with van der Waals surface area (Å²) in [6.45, 7) is 0. The number of halogens is 2. The third kappa shape index (κ3) is 7.29. The van der Waals surface area contributed by atoms with Crippen LogP contribution in [0.4, 0.5) is 0 Å². The Labute approximate surface area is 183 Å². The van der Waals surface area contributed by atoms with Crippen LogP contribution in [0, 0.1) is 23.7 Å². The SMILES string of the molecule is O=S(=O)(NC(O)C#CC#CC(O)NS(=O)(=O)c1ccc(Cl)cc1)c1ccc(Cl)cc1. The van der Waals surface area contributed by atoms with Crippen LogP contribution in [0.1, 0.15) is 0 Å². The van der Waals surface area contributed by atoms with Gasteiger partial charge in [0.25, 0.3) is 0 Å². The van der Waals surface area contributed by atoms with Gasteiger partial charge in [-0.2, -0.15) is 9.44 Å². The zero-order valence-electron chi connectivity index (χ0n) is 14.9. The molecule has 2 rings (SSSR count). The predicted octanol–water partition coefficient (Wildman–Crippen LogP) is 0.894. The van der Waals surface area contributed by atoms with Gasteiger partial charge in [0.2, 0.25) is 20.0 Å². The van der Waals surface area contributed by atoms with Gasteiger partial charge in [-0.25, -0.2) is 16.8 Å². The molecule has 0 aromatic heterocycles. The lowest BCUT2D eigenvalue weighted by Crippen LogP contribution is -2.33. The highest BCUT2D eigenvalue weighted by molar-refractivity contribution is 7.89. The number of benzene rings is 2. The van der Waals surface area contributed by atoms with E-state index in [1.165, 1.54) is 48.5 Å². The van der Waals surface area contributed by atoms with E-state index in [1.807, 2.05) is 9.44 Å². The molecule has 4 N–H and O–H groups in total. The first-order chi connectivity index (χ1) is 14.0. The first-order valence-corrected chi connectivity index (χ1v) is 11.6. The van der Waals surface area contributed by atoms with E-state index in [1.54, 1.807) is 0 Å². The molecule has 0 aliphatic rings. The number of hydrogen-bond acceptors (Lipinski definition) is 6. The Morgan fingerprint density at radius 2 is 0.967 bits per heavy atom. The Morgan fingerprint density at radius 3 is 1.27 bits per heavy atom. The minimum absolute atomic E-state index is 0.133. The van der Waals surface area contributed by atoms with Crippen LogP contribution in [0.5, 0.6) is 0 Å². The van der Waals surface area contributed by atoms with Crippen LogP contribution < -0.4 is 9.44 Å². The summed E-state index contributed by atoms with van der Waals surface area (Å²) in [5.74, 6) is 8.40. The second kappa shape index (κ2) is 10.3. The van der Waals surface area contributed by atoms with Gasteiger partial charge in [-0.15, -0.1) is 0 Å². The second-order valence-corrected chi connectivity index (χ2v) is 9.79. The average Bonchev–Trinajstić information content (AvgIpc) is 2.65. The number of nitrogens with one attached hydrogen (secondary N) is 2. The van der Waals surface area contributed by atoms with Crippen LogP contribution in [0.3, 0.4) is 0 Å². The van der Waals surface area contributed by atoms with Gasteiger partial charge in [-0.05, 0) is 72.2 Å². The van der Waals surface area contributed by atoms with E-state index < -0.39 is 32.5 Å². The first-order valence-electron chi connectivity index (χ1n) is 7.92. The van der Waals surface area contributed by atoms with Crippen molar-refractivity contribution in [3.05, 3.63) is 58.6 Å². The molecule has 158 valence electrons. The number of aliphatic hydroxyl groups is 2. The standard InChI is InChI=1S/C18H14Cl2N2O6S2/c19-13-5-9-15(10-6-13)29(25,26)21-17(23)3-1-2-4-18(24)22-30(27,28)16-11-7-14(20)8-12-16/h5-12,17-18,21-24H. The van der Waals surface area contributed by atoms with Crippen molar-refractivity contribution in [2.75, 3.05) is 0 Å². The van der Waals surface area contributed by atoms with E-state index in [0.717, 1.165) is 0 Å². The summed E-state index contributed by atoms with van der Waals surface area (Å²) in [5.41, 5.74) is 0. The van der Waals surface area contributed by atoms with Gasteiger partial charge in [0, 0.05) is 10.0 Å². The predicted molar refractivity (Wildman–Crippen MR) is 111 cm³/mol. The molecule has 12 heteroatoms. The highest BCUT2D eigenvalue weighted by Crippen LogP contribution is 2.14. The van der Waals surface area contributed by atoms with Crippen molar-refractivity contribution < 1.29 is 27.0 Å². The lowest BCUT2D eigenvalue weighted by Gasteiger charge is -2.08. The first kappa shape index (κ1) is 24.2. The Hall–Kier alpha value is -2.12. The molecule has 0 amide bonds. The van der Waals surface area contributed by atoms with E-state index >= 15 is 0 Å². The summed E-state index contributed by atoms with van der Waals surface area (Å²) in [5, 5.41) is 20.0. The fourth-order valence-electron chi connectivity index (χ4n) is 1.93. The smallest absolute Gasteiger partial charge is 0.243 e. The van der Waals surface area contributed by atoms with Gasteiger partial charge in [-0.3, -0.25) is 0 Å². The minimum atomic E-state index is -4.05. The number of rotatable bonds is 6. The summed E-state index contributed by atoms with van der Waals surface area (Å²) in [6.07, 6.45) is -3.58. The van der Waals surface area contributed by atoms with E-state index in [9.17, 15) is 27.0 Å². The van der Waals surface area contributed by atoms with E-state index in [4.69, 9.17) is 23.2 Å². The molecule has 2 aromatic carbocycles. The van der Waals surface area contributed by atoms with E-state index in [-0.39, 0.29) is 9.79 Å². The van der Waals surface area contributed by atoms with Crippen molar-refractivity contribution in [3.8, 4) is 23.7 Å². The van der Waals surface area contributed by atoms with Gasteiger partial charge >= 0.3 is 0 Å². The second-order valence-electron chi connectivity index (χ2n) is 5.49. The molecule has 0 spiro atoms. The largest absolute Gasteiger partial charge is 0.367 e. The van der Waals surface area contributed by atoms with Crippen molar-refractivity contribution in [1.29, 1.82) is 0 Å². The summed E-state index contributed by atoms with van der Waals surface area (Å²) >= 11 is 11.4. The van der Waals surface area contributed by atoms with Crippen LogP contribution in [0.25, 0.3) is 0 Å². The molecule has 0 aliphatic carbocycles. The maximum absolute atomic E-state index is 12.1. The molecule has 8 nitrogen and oxygen atoms in total. The third-order valence-corrected chi connectivity index (χ3v) is 6.62. The molecule has 0 radical (unpaired) electrons. The molecule has 30 heavy (non-hydrogen) atoms. The van der Waals surface area contributed by atoms with Gasteiger partial charge < -0.3 is 10.2 Å². The minimum Gasteiger partial charge on any atom is -0.367 e. The van der Waals surface area contributed by atoms with Crippen LogP contribution in [-0.4, -0.2) is 39.5 Å². The number of hydrogen-bond donors (Lipinski definition) is 4. The number of sulfonamides is 2. The lowest BCUT2D eigenvalue weighted by atomic mass is 10.4. The zero-order chi connectivity index (χ0) is 22.4. The van der Waals surface area contributed by atoms with Gasteiger partial charge in [0.15, 0.2) is 12.5 Å². The van der Waals surface area contributed by atoms with Crippen molar-refractivity contribution in [2.24, 2.45) is 0 Å². The Balaban J connectivity index is 1.98. The average molecular weight is 489 g/mol. The van der Waals surface area contributed by atoms with Gasteiger partial charge in [0.1, 0.15) is 0 Å². The summed E-state index contributed by atoms with van der Waals surface area (Å²) in [6, 6.07) is 10.4. The molecular weight excluding hydrogens is 475 g/mol. The summed E-state index contributed by atoms with van der Waals surface area (Å²) in [7, 11) is -8.09. The maximum Gasteiger partial charge on any atom is 0.243 e. The van der Waals surface area contributed by atoms with Crippen molar-refractivity contribution >= 4 is 43.2 Å². The fraction of sp³-hybridized carbons (Fsp3) is 0.111. The summed E-state index contributed by atoms with van der Waals surface area (Å²) < 4.78 is 52.1. The molecule has 0 saturated heterocycles. The molecule has 0 heterocycles. The molecule has 2 atom stereocenters. The highest BCUT2D eigenvalue weighted by Gasteiger charge is 2.18.